The first kappa shape index (κ1) is 15.7. The van der Waals surface area contributed by atoms with Gasteiger partial charge in [0.25, 0.3) is 0 Å². The number of fused-ring (bicyclic) bond motifs is 4. The molecule has 0 atom stereocenters. The van der Waals surface area contributed by atoms with E-state index in [1.54, 1.807) is 18.2 Å². The van der Waals surface area contributed by atoms with Crippen molar-refractivity contribution in [3.8, 4) is 33.4 Å². The Bertz CT molecular complexity index is 3410. The van der Waals surface area contributed by atoms with E-state index in [9.17, 15) is 1.37 Å². The Morgan fingerprint density at radius 1 is 0.400 bits per heavy atom. The van der Waals surface area contributed by atoms with E-state index in [0.717, 1.165) is 48.8 Å². The van der Waals surface area contributed by atoms with Crippen molar-refractivity contribution >= 4 is 65.0 Å². The molecule has 0 radical (unpaired) electrons. The molecule has 1 heterocycles. The topological polar surface area (TPSA) is 13.1 Å². The fourth-order valence-corrected chi connectivity index (χ4v) is 6.82. The van der Waals surface area contributed by atoms with E-state index in [2.05, 4.69) is 6.07 Å². The Morgan fingerprint density at radius 2 is 1.07 bits per heavy atom. The van der Waals surface area contributed by atoms with Crippen LogP contribution >= 0.6 is 0 Å². The lowest BCUT2D eigenvalue weighted by Crippen LogP contribution is -1.90. The van der Waals surface area contributed by atoms with Crippen LogP contribution in [0.25, 0.3) is 98.4 Å². The SMILES string of the molecule is [2H]c1c([2H])c([2H])c(-c2cccc3c2oc2cccc(-c4ccc5ccc6c(-c7c([2H])c([2H])c8c([2H])c([2H])c([2H])c([2H])c8c7[2H])ccc7ccc4c5c76)c23)c([2H])c1[2H]. The van der Waals surface area contributed by atoms with Gasteiger partial charge in [-0.2, -0.15) is 0 Å². The van der Waals surface area contributed by atoms with E-state index in [0.29, 0.717) is 27.7 Å². The highest BCUT2D eigenvalue weighted by atomic mass is 16.3. The van der Waals surface area contributed by atoms with Gasteiger partial charge in [-0.25, -0.2) is 0 Å². The normalized spacial score (nSPS) is 15.7. The summed E-state index contributed by atoms with van der Waals surface area (Å²) in [5.74, 6) is 0. The molecule has 0 saturated heterocycles. The number of hydrogen-bond acceptors (Lipinski definition) is 1. The molecule has 10 aromatic rings. The van der Waals surface area contributed by atoms with Crippen molar-refractivity contribution in [1.29, 1.82) is 0 Å². The van der Waals surface area contributed by atoms with Crippen LogP contribution in [0.15, 0.2) is 162 Å². The monoisotopic (exact) mass is 582 g/mol. The van der Waals surface area contributed by atoms with E-state index in [4.69, 9.17) is 19.5 Å². The van der Waals surface area contributed by atoms with Crippen LogP contribution in [0.2, 0.25) is 0 Å². The zero-order valence-corrected chi connectivity index (χ0v) is 23.5. The first-order valence-electron chi connectivity index (χ1n) is 20.5. The summed E-state index contributed by atoms with van der Waals surface area (Å²) in [5, 5.41) is 6.55. The fourth-order valence-electron chi connectivity index (χ4n) is 6.82. The predicted octanol–water partition coefficient (Wildman–Crippen LogP) is 12.6. The molecule has 45 heavy (non-hydrogen) atoms. The summed E-state index contributed by atoms with van der Waals surface area (Å²) < 4.78 is 109. The molecule has 0 saturated carbocycles. The predicted molar refractivity (Wildman–Crippen MR) is 191 cm³/mol. The Hall–Kier alpha value is -5.92. The number of para-hydroxylation sites is 1. The molecule has 1 nitrogen and oxygen atoms in total. The smallest absolute Gasteiger partial charge is 0.143 e. The fraction of sp³-hybridized carbons (Fsp3) is 0. The van der Waals surface area contributed by atoms with Crippen LogP contribution in [0.4, 0.5) is 0 Å². The molecule has 9 aromatic carbocycles. The molecule has 0 unspecified atom stereocenters. The molecule has 1 heteroatoms. The van der Waals surface area contributed by atoms with Crippen LogP contribution in [0, 0.1) is 0 Å². The third-order valence-electron chi connectivity index (χ3n) is 8.77. The van der Waals surface area contributed by atoms with Gasteiger partial charge in [-0.05, 0) is 83.0 Å². The minimum Gasteiger partial charge on any atom is -0.455 e. The molecule has 208 valence electrons. The van der Waals surface area contributed by atoms with Crippen molar-refractivity contribution in [1.82, 2.24) is 0 Å². The van der Waals surface area contributed by atoms with E-state index < -0.39 is 42.3 Å². The summed E-state index contributed by atoms with van der Waals surface area (Å²) in [6, 6.07) is 22.1. The summed E-state index contributed by atoms with van der Waals surface area (Å²) in [6.45, 7) is 0. The summed E-state index contributed by atoms with van der Waals surface area (Å²) >= 11 is 0. The summed E-state index contributed by atoms with van der Waals surface area (Å²) in [5.41, 5.74) is 3.75. The molecule has 0 aliphatic rings. The maximum atomic E-state index is 9.24. The summed E-state index contributed by atoms with van der Waals surface area (Å²) in [6.07, 6.45) is 0. The third kappa shape index (κ3) is 3.56. The number of rotatable bonds is 3. The van der Waals surface area contributed by atoms with Crippen molar-refractivity contribution in [3.05, 3.63) is 157 Å². The summed E-state index contributed by atoms with van der Waals surface area (Å²) in [7, 11) is 0. The second-order valence-electron chi connectivity index (χ2n) is 11.1. The zero-order valence-electron chi connectivity index (χ0n) is 35.5. The van der Waals surface area contributed by atoms with Gasteiger partial charge in [0.2, 0.25) is 0 Å². The Balaban J connectivity index is 1.24. The molecule has 0 aliphatic heterocycles. The Morgan fingerprint density at radius 3 is 1.89 bits per heavy atom. The van der Waals surface area contributed by atoms with Crippen LogP contribution in [0.5, 0.6) is 0 Å². The van der Waals surface area contributed by atoms with Gasteiger partial charge in [-0.3, -0.25) is 0 Å². The number of benzene rings is 9. The Kier molecular flexibility index (Phi) is 3.24. The van der Waals surface area contributed by atoms with E-state index in [-0.39, 0.29) is 52.1 Å². The van der Waals surface area contributed by atoms with Crippen molar-refractivity contribution in [2.24, 2.45) is 0 Å². The van der Waals surface area contributed by atoms with Crippen molar-refractivity contribution < 1.29 is 20.9 Å². The van der Waals surface area contributed by atoms with Crippen molar-refractivity contribution in [2.75, 3.05) is 0 Å². The molecule has 0 aliphatic carbocycles. The summed E-state index contributed by atoms with van der Waals surface area (Å²) in [4.78, 5) is 0. The van der Waals surface area contributed by atoms with Gasteiger partial charge in [-0.1, -0.05) is 145 Å². The van der Waals surface area contributed by atoms with Crippen molar-refractivity contribution in [2.45, 2.75) is 0 Å². The number of hydrogen-bond donors (Lipinski definition) is 0. The van der Waals surface area contributed by atoms with Gasteiger partial charge in [0, 0.05) is 16.3 Å². The second-order valence-corrected chi connectivity index (χ2v) is 11.1. The average molecular weight is 583 g/mol. The maximum absolute atomic E-state index is 9.24. The van der Waals surface area contributed by atoms with Crippen LogP contribution in [-0.4, -0.2) is 0 Å². The zero-order chi connectivity index (χ0) is 39.9. The van der Waals surface area contributed by atoms with Gasteiger partial charge in [0.1, 0.15) is 11.2 Å². The van der Waals surface area contributed by atoms with E-state index in [1.165, 1.54) is 0 Å². The van der Waals surface area contributed by atoms with Gasteiger partial charge >= 0.3 is 0 Å². The molecule has 10 rings (SSSR count). The van der Waals surface area contributed by atoms with Gasteiger partial charge < -0.3 is 4.42 Å². The minimum absolute atomic E-state index is 0.0572. The van der Waals surface area contributed by atoms with Crippen LogP contribution in [0.1, 0.15) is 16.4 Å². The van der Waals surface area contributed by atoms with Gasteiger partial charge in [0.05, 0.1) is 16.4 Å². The highest BCUT2D eigenvalue weighted by Gasteiger charge is 2.19. The third-order valence-corrected chi connectivity index (χ3v) is 8.77. The van der Waals surface area contributed by atoms with Gasteiger partial charge in [0.15, 0.2) is 0 Å². The van der Waals surface area contributed by atoms with Gasteiger partial charge in [-0.15, -0.1) is 0 Å². The first-order chi connectivity index (χ1) is 27.3. The average Bonchev–Trinajstić information content (AvgIpc) is 3.61. The molecule has 0 N–H and O–H groups in total. The Labute approximate surface area is 276 Å². The lowest BCUT2D eigenvalue weighted by atomic mass is 9.86. The second kappa shape index (κ2) is 9.29. The van der Waals surface area contributed by atoms with Crippen LogP contribution < -0.4 is 0 Å². The largest absolute Gasteiger partial charge is 0.455 e. The number of furan rings is 1. The molecule has 1 aromatic heterocycles. The standard InChI is InChI=1S/C44H26O/c1-2-9-28(10-3-1)34-12-6-14-39-43-36(13-7-15-40(43)45-44(34)39)35-23-19-30-20-24-37-33(22-18-29-21-25-38(35)42(30)41(29)37)32-17-16-27-8-4-5-11-31(27)26-32/h1-26H/i1D,2D,3D,4D,5D,8D,9D,10D,11D,16D,17D,26D. The molecular weight excluding hydrogens is 544 g/mol. The quantitative estimate of drug-likeness (QED) is 0.189. The van der Waals surface area contributed by atoms with Crippen LogP contribution in [0.3, 0.4) is 0 Å². The highest BCUT2D eigenvalue weighted by molar-refractivity contribution is 6.29. The van der Waals surface area contributed by atoms with E-state index in [1.807, 2.05) is 60.7 Å². The maximum Gasteiger partial charge on any atom is 0.143 e. The molecule has 0 spiro atoms. The lowest BCUT2D eigenvalue weighted by Gasteiger charge is -2.17. The highest BCUT2D eigenvalue weighted by Crippen LogP contribution is 2.46. The minimum atomic E-state index is -0.514. The first-order valence-corrected chi connectivity index (χ1v) is 14.5. The van der Waals surface area contributed by atoms with E-state index >= 15 is 0 Å². The molecule has 0 fully saturated rings. The molecule has 0 amide bonds. The molecule has 0 bridgehead atoms. The van der Waals surface area contributed by atoms with Crippen LogP contribution in [-0.2, 0) is 0 Å². The lowest BCUT2D eigenvalue weighted by molar-refractivity contribution is 0.670. The molecular formula is C44H26O. The van der Waals surface area contributed by atoms with Crippen molar-refractivity contribution in [3.63, 3.8) is 0 Å².